The summed E-state index contributed by atoms with van der Waals surface area (Å²) < 4.78 is 8.06. The molecule has 0 unspecified atom stereocenters. The van der Waals surface area contributed by atoms with Gasteiger partial charge in [0.2, 0.25) is 0 Å². The van der Waals surface area contributed by atoms with Crippen molar-refractivity contribution in [2.45, 2.75) is 39.2 Å². The van der Waals surface area contributed by atoms with Gasteiger partial charge in [-0.3, -0.25) is 0 Å². The summed E-state index contributed by atoms with van der Waals surface area (Å²) in [6, 6.07) is 6.60. The van der Waals surface area contributed by atoms with E-state index >= 15 is 0 Å². The molecule has 27 heavy (non-hydrogen) atoms. The van der Waals surface area contributed by atoms with Crippen LogP contribution >= 0.6 is 0 Å². The van der Waals surface area contributed by atoms with Crippen LogP contribution in [0.15, 0.2) is 61.4 Å². The van der Waals surface area contributed by atoms with Gasteiger partial charge in [-0.15, -0.1) is 0 Å². The van der Waals surface area contributed by atoms with E-state index in [2.05, 4.69) is 74.2 Å². The molecule has 1 aromatic carbocycles. The standard InChI is InChI=1S/C25H29NO/c1-6-10-24-22(8-3)23-16-15-20(17-25(23)26(24)5)19(7-2)14-13-18(4)27-21-11-9-12-21/h6-8,10,13-17,21H,3-4,9,11-12H2,1-2,5H3/b10-6-,14-13-,19-7+. The number of ether oxygens (including phenoxy) is 1. The fraction of sp³-hybridized carbons (Fsp3) is 0.280. The van der Waals surface area contributed by atoms with Crippen molar-refractivity contribution in [3.63, 3.8) is 0 Å². The third-order valence-corrected chi connectivity index (χ3v) is 5.28. The maximum absolute atomic E-state index is 5.84. The fourth-order valence-corrected chi connectivity index (χ4v) is 3.52. The average Bonchev–Trinajstić information content (AvgIpc) is 2.90. The van der Waals surface area contributed by atoms with E-state index in [0.717, 1.165) is 24.2 Å². The van der Waals surface area contributed by atoms with E-state index in [4.69, 9.17) is 4.74 Å². The van der Waals surface area contributed by atoms with Crippen molar-refractivity contribution in [2.75, 3.05) is 0 Å². The molecule has 1 aliphatic carbocycles. The van der Waals surface area contributed by atoms with Gasteiger partial charge in [-0.1, -0.05) is 49.6 Å². The van der Waals surface area contributed by atoms with Crippen molar-refractivity contribution < 1.29 is 4.74 Å². The van der Waals surface area contributed by atoms with Crippen LogP contribution in [-0.2, 0) is 11.8 Å². The Morgan fingerprint density at radius 2 is 2.00 bits per heavy atom. The minimum absolute atomic E-state index is 0.360. The first kappa shape index (κ1) is 19.0. The molecule has 2 nitrogen and oxygen atoms in total. The lowest BCUT2D eigenvalue weighted by Crippen LogP contribution is -2.20. The van der Waals surface area contributed by atoms with Gasteiger partial charge in [-0.2, -0.15) is 0 Å². The Bertz CT molecular complexity index is 948. The van der Waals surface area contributed by atoms with Crippen LogP contribution in [0.5, 0.6) is 0 Å². The van der Waals surface area contributed by atoms with Gasteiger partial charge in [0.1, 0.15) is 5.76 Å². The van der Waals surface area contributed by atoms with Gasteiger partial charge in [0, 0.05) is 29.2 Å². The number of rotatable bonds is 7. The van der Waals surface area contributed by atoms with Crippen molar-refractivity contribution in [1.29, 1.82) is 0 Å². The topological polar surface area (TPSA) is 14.2 Å². The number of aromatic nitrogens is 1. The molecule has 1 saturated carbocycles. The average molecular weight is 360 g/mol. The number of fused-ring (bicyclic) bond motifs is 1. The van der Waals surface area contributed by atoms with Crippen LogP contribution in [0.2, 0.25) is 0 Å². The number of hydrogen-bond acceptors (Lipinski definition) is 1. The van der Waals surface area contributed by atoms with E-state index in [-0.39, 0.29) is 0 Å². The van der Waals surface area contributed by atoms with Crippen LogP contribution in [0.1, 0.15) is 49.9 Å². The third-order valence-electron chi connectivity index (χ3n) is 5.28. The molecule has 0 amide bonds. The Labute approximate surface area is 162 Å². The number of aryl methyl sites for hydroxylation is 1. The quantitative estimate of drug-likeness (QED) is 0.387. The lowest BCUT2D eigenvalue weighted by Gasteiger charge is -2.26. The van der Waals surface area contributed by atoms with Crippen LogP contribution < -0.4 is 0 Å². The van der Waals surface area contributed by atoms with Gasteiger partial charge in [0.15, 0.2) is 0 Å². The molecule has 1 aliphatic rings. The molecule has 2 aromatic rings. The molecule has 0 bridgehead atoms. The second-order valence-electron chi connectivity index (χ2n) is 7.01. The molecule has 2 heteroatoms. The molecular formula is C25H29NO. The Morgan fingerprint density at radius 3 is 2.59 bits per heavy atom. The first-order valence-electron chi connectivity index (χ1n) is 9.67. The van der Waals surface area contributed by atoms with Crippen molar-refractivity contribution >= 4 is 28.6 Å². The molecule has 0 spiro atoms. The molecular weight excluding hydrogens is 330 g/mol. The first-order chi connectivity index (χ1) is 13.1. The van der Waals surface area contributed by atoms with Crippen LogP contribution in [0.3, 0.4) is 0 Å². The number of hydrogen-bond donors (Lipinski definition) is 0. The Kier molecular flexibility index (Phi) is 5.85. The molecule has 1 heterocycles. The predicted molar refractivity (Wildman–Crippen MR) is 118 cm³/mol. The van der Waals surface area contributed by atoms with E-state index < -0.39 is 0 Å². The highest BCUT2D eigenvalue weighted by Crippen LogP contribution is 2.31. The molecule has 0 atom stereocenters. The zero-order valence-corrected chi connectivity index (χ0v) is 16.7. The molecule has 0 N–H and O–H groups in total. The van der Waals surface area contributed by atoms with Gasteiger partial charge in [0.05, 0.1) is 6.10 Å². The SMILES string of the molecule is C=Cc1c(/C=C\C)n(C)c2cc(C(/C=C\C(=C)OC3CCC3)=C/C)ccc12. The molecule has 1 aromatic heterocycles. The highest BCUT2D eigenvalue weighted by molar-refractivity contribution is 5.95. The maximum Gasteiger partial charge on any atom is 0.112 e. The number of allylic oxidation sites excluding steroid dienone is 5. The van der Waals surface area contributed by atoms with Crippen LogP contribution in [0.25, 0.3) is 28.6 Å². The summed E-state index contributed by atoms with van der Waals surface area (Å²) in [6.45, 7) is 12.1. The Hall–Kier alpha value is -2.74. The highest BCUT2D eigenvalue weighted by Gasteiger charge is 2.18. The minimum Gasteiger partial charge on any atom is -0.491 e. The molecule has 0 aliphatic heterocycles. The zero-order chi connectivity index (χ0) is 19.4. The van der Waals surface area contributed by atoms with Crippen LogP contribution in [0, 0.1) is 0 Å². The maximum atomic E-state index is 5.84. The smallest absolute Gasteiger partial charge is 0.112 e. The van der Waals surface area contributed by atoms with Gasteiger partial charge in [0.25, 0.3) is 0 Å². The summed E-state index contributed by atoms with van der Waals surface area (Å²) in [4.78, 5) is 0. The van der Waals surface area contributed by atoms with Crippen LogP contribution in [-0.4, -0.2) is 10.7 Å². The zero-order valence-electron chi connectivity index (χ0n) is 16.7. The Morgan fingerprint density at radius 1 is 1.22 bits per heavy atom. The highest BCUT2D eigenvalue weighted by atomic mass is 16.5. The molecule has 140 valence electrons. The molecule has 0 radical (unpaired) electrons. The van der Waals surface area contributed by atoms with Gasteiger partial charge in [-0.05, 0) is 62.5 Å². The van der Waals surface area contributed by atoms with Crippen molar-refractivity contribution in [3.05, 3.63) is 78.2 Å². The molecule has 0 saturated heterocycles. The largest absolute Gasteiger partial charge is 0.491 e. The van der Waals surface area contributed by atoms with E-state index in [1.165, 1.54) is 34.1 Å². The van der Waals surface area contributed by atoms with Gasteiger partial charge < -0.3 is 9.30 Å². The number of nitrogens with zero attached hydrogens (tertiary/aromatic N) is 1. The second kappa shape index (κ2) is 8.30. The summed E-state index contributed by atoms with van der Waals surface area (Å²) >= 11 is 0. The summed E-state index contributed by atoms with van der Waals surface area (Å²) in [7, 11) is 2.11. The predicted octanol–water partition coefficient (Wildman–Crippen LogP) is 6.90. The monoisotopic (exact) mass is 359 g/mol. The van der Waals surface area contributed by atoms with E-state index in [9.17, 15) is 0 Å². The molecule has 1 fully saturated rings. The minimum atomic E-state index is 0.360. The van der Waals surface area contributed by atoms with Crippen molar-refractivity contribution in [2.24, 2.45) is 7.05 Å². The summed E-state index contributed by atoms with van der Waals surface area (Å²) in [5.41, 5.74) is 5.90. The van der Waals surface area contributed by atoms with E-state index in [1.807, 2.05) is 19.1 Å². The summed E-state index contributed by atoms with van der Waals surface area (Å²) in [5, 5.41) is 1.22. The lowest BCUT2D eigenvalue weighted by atomic mass is 9.96. The van der Waals surface area contributed by atoms with Gasteiger partial charge in [-0.25, -0.2) is 0 Å². The second-order valence-corrected chi connectivity index (χ2v) is 7.01. The normalized spacial score (nSPS) is 15.6. The molecule has 3 rings (SSSR count). The Balaban J connectivity index is 1.91. The van der Waals surface area contributed by atoms with Crippen molar-refractivity contribution in [1.82, 2.24) is 4.57 Å². The summed E-state index contributed by atoms with van der Waals surface area (Å²) in [6.07, 6.45) is 16.2. The van der Waals surface area contributed by atoms with E-state index in [1.54, 1.807) is 0 Å². The lowest BCUT2D eigenvalue weighted by molar-refractivity contribution is 0.0599. The fourth-order valence-electron chi connectivity index (χ4n) is 3.52. The first-order valence-corrected chi connectivity index (χ1v) is 9.67. The van der Waals surface area contributed by atoms with E-state index in [0.29, 0.717) is 6.10 Å². The van der Waals surface area contributed by atoms with Crippen LogP contribution in [0.4, 0.5) is 0 Å². The third kappa shape index (κ3) is 3.85. The summed E-state index contributed by atoms with van der Waals surface area (Å²) in [5.74, 6) is 0.739. The number of benzene rings is 1. The van der Waals surface area contributed by atoms with Gasteiger partial charge >= 0.3 is 0 Å². The van der Waals surface area contributed by atoms with Crippen molar-refractivity contribution in [3.8, 4) is 0 Å².